The molecule has 1 saturated carbocycles. The van der Waals surface area contributed by atoms with E-state index in [0.29, 0.717) is 6.54 Å². The standard InChI is InChI=1S/C19H20Cl2N4O4S/c20-15-10-16(21)17(30(28,29)25-13-1-2-13)9-14(15)19(27)23-8-5-18(26)24-11-12-3-6-22-7-4-12/h3-4,6-7,9-10,13,25H,1-2,5,8,11H2,(H,23,27)(H,24,26). The molecule has 0 atom stereocenters. The predicted octanol–water partition coefficient (Wildman–Crippen LogP) is 2.27. The van der Waals surface area contributed by atoms with Gasteiger partial charge in [0.25, 0.3) is 5.91 Å². The van der Waals surface area contributed by atoms with Crippen LogP contribution in [0.5, 0.6) is 0 Å². The Bertz CT molecular complexity index is 1040. The Balaban J connectivity index is 1.57. The van der Waals surface area contributed by atoms with E-state index in [0.717, 1.165) is 24.5 Å². The number of hydrogen-bond acceptors (Lipinski definition) is 5. The Hall–Kier alpha value is -2.20. The SMILES string of the molecule is O=C(CCNC(=O)c1cc(S(=O)(=O)NC2CC2)c(Cl)cc1Cl)NCc1ccncc1. The van der Waals surface area contributed by atoms with Crippen LogP contribution in [0.4, 0.5) is 0 Å². The molecule has 0 aliphatic heterocycles. The number of nitrogens with zero attached hydrogens (tertiary/aromatic N) is 1. The zero-order valence-corrected chi connectivity index (χ0v) is 18.1. The van der Waals surface area contributed by atoms with E-state index in [1.165, 1.54) is 6.07 Å². The molecule has 1 fully saturated rings. The fourth-order valence-corrected chi connectivity index (χ4v) is 4.73. The highest BCUT2D eigenvalue weighted by atomic mass is 35.5. The van der Waals surface area contributed by atoms with Gasteiger partial charge in [-0.25, -0.2) is 13.1 Å². The van der Waals surface area contributed by atoms with Crippen LogP contribution in [0.25, 0.3) is 0 Å². The first-order chi connectivity index (χ1) is 14.3. The lowest BCUT2D eigenvalue weighted by molar-refractivity contribution is -0.121. The summed E-state index contributed by atoms with van der Waals surface area (Å²) in [4.78, 5) is 28.1. The molecule has 0 unspecified atom stereocenters. The molecule has 1 aliphatic rings. The molecule has 0 saturated heterocycles. The average Bonchev–Trinajstić information content (AvgIpc) is 3.50. The van der Waals surface area contributed by atoms with Crippen LogP contribution in [0.2, 0.25) is 10.0 Å². The second kappa shape index (κ2) is 9.74. The van der Waals surface area contributed by atoms with E-state index in [1.54, 1.807) is 24.5 Å². The molecule has 1 heterocycles. The summed E-state index contributed by atoms with van der Waals surface area (Å²) in [5, 5.41) is 5.25. The Morgan fingerprint density at radius 3 is 2.43 bits per heavy atom. The van der Waals surface area contributed by atoms with E-state index in [4.69, 9.17) is 23.2 Å². The fourth-order valence-electron chi connectivity index (χ4n) is 2.57. The predicted molar refractivity (Wildman–Crippen MR) is 113 cm³/mol. The van der Waals surface area contributed by atoms with Crippen molar-refractivity contribution in [1.82, 2.24) is 20.3 Å². The number of aromatic nitrogens is 1. The maximum absolute atomic E-state index is 12.5. The molecule has 2 aromatic rings. The summed E-state index contributed by atoms with van der Waals surface area (Å²) >= 11 is 12.1. The number of amides is 2. The molecule has 8 nitrogen and oxygen atoms in total. The molecular formula is C19H20Cl2N4O4S. The summed E-state index contributed by atoms with van der Waals surface area (Å²) < 4.78 is 27.4. The van der Waals surface area contributed by atoms with Crippen molar-refractivity contribution < 1.29 is 18.0 Å². The van der Waals surface area contributed by atoms with Gasteiger partial charge < -0.3 is 10.6 Å². The molecule has 30 heavy (non-hydrogen) atoms. The van der Waals surface area contributed by atoms with Crippen molar-refractivity contribution >= 4 is 45.0 Å². The van der Waals surface area contributed by atoms with Crippen LogP contribution in [0.3, 0.4) is 0 Å². The molecule has 3 N–H and O–H groups in total. The smallest absolute Gasteiger partial charge is 0.252 e. The maximum Gasteiger partial charge on any atom is 0.252 e. The molecular weight excluding hydrogens is 451 g/mol. The first kappa shape index (κ1) is 22.5. The quantitative estimate of drug-likeness (QED) is 0.519. The minimum Gasteiger partial charge on any atom is -0.352 e. The van der Waals surface area contributed by atoms with Gasteiger partial charge in [-0.2, -0.15) is 0 Å². The van der Waals surface area contributed by atoms with Gasteiger partial charge in [0.15, 0.2) is 0 Å². The summed E-state index contributed by atoms with van der Waals surface area (Å²) in [5.41, 5.74) is 0.873. The summed E-state index contributed by atoms with van der Waals surface area (Å²) in [5.74, 6) is -0.840. The van der Waals surface area contributed by atoms with Crippen molar-refractivity contribution in [2.75, 3.05) is 6.54 Å². The Labute approximate surface area is 184 Å². The Kier molecular flexibility index (Phi) is 7.30. The number of hydrogen-bond donors (Lipinski definition) is 3. The van der Waals surface area contributed by atoms with Crippen LogP contribution in [-0.2, 0) is 21.4 Å². The molecule has 1 aromatic carbocycles. The number of pyridine rings is 1. The Morgan fingerprint density at radius 1 is 1.07 bits per heavy atom. The summed E-state index contributed by atoms with van der Waals surface area (Å²) in [6.45, 7) is 0.413. The fraction of sp³-hybridized carbons (Fsp3) is 0.316. The molecule has 0 bridgehead atoms. The number of carbonyl (C=O) groups excluding carboxylic acids is 2. The van der Waals surface area contributed by atoms with E-state index >= 15 is 0 Å². The third-order valence-corrected chi connectivity index (χ3v) is 6.63. The van der Waals surface area contributed by atoms with Crippen molar-refractivity contribution in [1.29, 1.82) is 0 Å². The monoisotopic (exact) mass is 470 g/mol. The molecule has 11 heteroatoms. The van der Waals surface area contributed by atoms with Crippen molar-refractivity contribution in [3.8, 4) is 0 Å². The van der Waals surface area contributed by atoms with Gasteiger partial charge in [-0.15, -0.1) is 0 Å². The van der Waals surface area contributed by atoms with E-state index in [2.05, 4.69) is 20.3 Å². The van der Waals surface area contributed by atoms with Crippen LogP contribution in [0.1, 0.15) is 35.2 Å². The third-order valence-electron chi connectivity index (χ3n) is 4.33. The van der Waals surface area contributed by atoms with Gasteiger partial charge in [-0.05, 0) is 42.7 Å². The van der Waals surface area contributed by atoms with Gasteiger partial charge in [-0.3, -0.25) is 14.6 Å². The lowest BCUT2D eigenvalue weighted by Crippen LogP contribution is -2.31. The highest BCUT2D eigenvalue weighted by Gasteiger charge is 2.30. The van der Waals surface area contributed by atoms with E-state index < -0.39 is 15.9 Å². The second-order valence-corrected chi connectivity index (χ2v) is 9.29. The van der Waals surface area contributed by atoms with Crippen LogP contribution >= 0.6 is 23.2 Å². The number of sulfonamides is 1. The number of halogens is 2. The van der Waals surface area contributed by atoms with E-state index in [9.17, 15) is 18.0 Å². The first-order valence-electron chi connectivity index (χ1n) is 9.21. The number of rotatable bonds is 9. The highest BCUT2D eigenvalue weighted by Crippen LogP contribution is 2.30. The molecule has 0 radical (unpaired) electrons. The summed E-state index contributed by atoms with van der Waals surface area (Å²) in [6.07, 6.45) is 4.84. The van der Waals surface area contributed by atoms with E-state index in [1.807, 2.05) is 0 Å². The molecule has 2 amide bonds. The van der Waals surface area contributed by atoms with Gasteiger partial charge in [0.05, 0.1) is 15.6 Å². The van der Waals surface area contributed by atoms with Crippen LogP contribution in [0.15, 0.2) is 41.6 Å². The highest BCUT2D eigenvalue weighted by molar-refractivity contribution is 7.89. The zero-order valence-electron chi connectivity index (χ0n) is 15.8. The lowest BCUT2D eigenvalue weighted by atomic mass is 10.2. The molecule has 0 spiro atoms. The molecule has 1 aromatic heterocycles. The number of carbonyl (C=O) groups is 2. The molecule has 1 aliphatic carbocycles. The van der Waals surface area contributed by atoms with Crippen molar-refractivity contribution in [2.24, 2.45) is 0 Å². The normalized spacial score (nSPS) is 13.7. The maximum atomic E-state index is 12.5. The molecule has 3 rings (SSSR count). The van der Waals surface area contributed by atoms with Crippen LogP contribution < -0.4 is 15.4 Å². The van der Waals surface area contributed by atoms with Gasteiger partial charge in [0, 0.05) is 37.9 Å². The van der Waals surface area contributed by atoms with Gasteiger partial charge >= 0.3 is 0 Å². The largest absolute Gasteiger partial charge is 0.352 e. The van der Waals surface area contributed by atoms with Crippen molar-refractivity contribution in [3.63, 3.8) is 0 Å². The number of nitrogens with one attached hydrogen (secondary N) is 3. The van der Waals surface area contributed by atoms with Gasteiger partial charge in [-0.1, -0.05) is 23.2 Å². The van der Waals surface area contributed by atoms with Gasteiger partial charge in [0.2, 0.25) is 15.9 Å². The topological polar surface area (TPSA) is 117 Å². The second-order valence-electron chi connectivity index (χ2n) is 6.80. The third kappa shape index (κ3) is 6.15. The van der Waals surface area contributed by atoms with Crippen molar-refractivity contribution in [3.05, 3.63) is 57.8 Å². The number of benzene rings is 1. The summed E-state index contributed by atoms with van der Waals surface area (Å²) in [6, 6.07) is 5.84. The van der Waals surface area contributed by atoms with Crippen LogP contribution in [-0.4, -0.2) is 37.8 Å². The first-order valence-corrected chi connectivity index (χ1v) is 11.5. The zero-order chi connectivity index (χ0) is 21.7. The molecule has 160 valence electrons. The minimum atomic E-state index is -3.86. The lowest BCUT2D eigenvalue weighted by Gasteiger charge is -2.12. The minimum absolute atomic E-state index is 0.0185. The van der Waals surface area contributed by atoms with Crippen LogP contribution in [0, 0.1) is 0 Å². The van der Waals surface area contributed by atoms with Gasteiger partial charge in [0.1, 0.15) is 4.90 Å². The Morgan fingerprint density at radius 2 is 1.77 bits per heavy atom. The average molecular weight is 471 g/mol. The summed E-state index contributed by atoms with van der Waals surface area (Å²) in [7, 11) is -3.86. The van der Waals surface area contributed by atoms with Crippen molar-refractivity contribution in [2.45, 2.75) is 36.7 Å². The van der Waals surface area contributed by atoms with E-state index in [-0.39, 0.29) is 45.4 Å².